The first-order valence-corrected chi connectivity index (χ1v) is 9.57. The van der Waals surface area contributed by atoms with E-state index in [0.29, 0.717) is 24.8 Å². The van der Waals surface area contributed by atoms with Crippen LogP contribution in [-0.2, 0) is 24.3 Å². The summed E-state index contributed by atoms with van der Waals surface area (Å²) in [4.78, 5) is 23.6. The first-order chi connectivity index (χ1) is 13.2. The Labute approximate surface area is 183 Å². The van der Waals surface area contributed by atoms with E-state index in [4.69, 9.17) is 10.3 Å². The molecule has 2 N–H and O–H groups in total. The lowest BCUT2D eigenvalue weighted by Gasteiger charge is -2.36. The van der Waals surface area contributed by atoms with Gasteiger partial charge in [-0.2, -0.15) is 4.98 Å². The molecule has 0 saturated carbocycles. The van der Waals surface area contributed by atoms with Gasteiger partial charge in [0.05, 0.1) is 19.6 Å². The summed E-state index contributed by atoms with van der Waals surface area (Å²) >= 11 is 0. The van der Waals surface area contributed by atoms with Crippen molar-refractivity contribution in [2.75, 3.05) is 44.2 Å². The van der Waals surface area contributed by atoms with Crippen LogP contribution >= 0.6 is 24.8 Å². The van der Waals surface area contributed by atoms with E-state index in [1.807, 2.05) is 17.0 Å². The molecule has 29 heavy (non-hydrogen) atoms. The summed E-state index contributed by atoms with van der Waals surface area (Å²) in [5, 5.41) is 3.95. The normalized spacial score (nSPS) is 17.2. The first-order valence-electron chi connectivity index (χ1n) is 9.57. The van der Waals surface area contributed by atoms with Gasteiger partial charge in [0.2, 0.25) is 11.8 Å². The molecule has 8 nitrogen and oxygen atoms in total. The van der Waals surface area contributed by atoms with Gasteiger partial charge in [0, 0.05) is 38.4 Å². The smallest absolute Gasteiger partial charge is 0.241 e. The number of amides is 1. The minimum atomic E-state index is 0. The fraction of sp³-hybridized carbons (Fsp3) is 0.526. The van der Waals surface area contributed by atoms with Gasteiger partial charge in [-0.15, -0.1) is 24.8 Å². The number of aromatic nitrogens is 2. The second-order valence-electron chi connectivity index (χ2n) is 7.14. The van der Waals surface area contributed by atoms with Crippen LogP contribution in [0, 0.1) is 0 Å². The molecule has 10 heteroatoms. The number of benzene rings is 1. The van der Waals surface area contributed by atoms with Gasteiger partial charge in [-0.3, -0.25) is 14.6 Å². The van der Waals surface area contributed by atoms with E-state index in [1.165, 1.54) is 5.56 Å². The quantitative estimate of drug-likeness (QED) is 0.748. The first kappa shape index (κ1) is 23.6. The molecule has 0 unspecified atom stereocenters. The Morgan fingerprint density at radius 3 is 2.52 bits per heavy atom. The summed E-state index contributed by atoms with van der Waals surface area (Å²) in [6, 6.07) is 8.25. The molecule has 2 aliphatic rings. The number of halogens is 2. The summed E-state index contributed by atoms with van der Waals surface area (Å²) < 4.78 is 5.05. The standard InChI is InChI=1S/C19H26N6O2.2ClH/c20-12-18-21-17(22-27-18)13-23-8-10-24(11-9-23)14-19(26)25-7-3-5-15-4-1-2-6-16(15)25;;/h1-2,4,6H,3,5,7-14,20H2;2*1H. The molecule has 160 valence electrons. The second kappa shape index (κ2) is 10.9. The molecule has 0 atom stereocenters. The summed E-state index contributed by atoms with van der Waals surface area (Å²) in [6.45, 7) is 5.71. The Bertz CT molecular complexity index is 795. The number of para-hydroxylation sites is 1. The van der Waals surface area contributed by atoms with E-state index >= 15 is 0 Å². The highest BCUT2D eigenvalue weighted by atomic mass is 35.5. The van der Waals surface area contributed by atoms with Crippen LogP contribution < -0.4 is 10.6 Å². The van der Waals surface area contributed by atoms with E-state index < -0.39 is 0 Å². The Morgan fingerprint density at radius 1 is 1.07 bits per heavy atom. The number of fused-ring (bicyclic) bond motifs is 1. The van der Waals surface area contributed by atoms with Gasteiger partial charge in [0.25, 0.3) is 0 Å². The van der Waals surface area contributed by atoms with Crippen LogP contribution in [0.4, 0.5) is 5.69 Å². The molecule has 1 amide bonds. The number of aryl methyl sites for hydroxylation is 1. The molecule has 2 aromatic rings. The van der Waals surface area contributed by atoms with Crippen molar-refractivity contribution < 1.29 is 9.32 Å². The van der Waals surface area contributed by atoms with E-state index in [1.54, 1.807) is 0 Å². The SMILES string of the molecule is Cl.Cl.NCc1nc(CN2CCN(CC(=O)N3CCCc4ccccc43)CC2)no1. The maximum absolute atomic E-state index is 12.9. The van der Waals surface area contributed by atoms with Gasteiger partial charge in [-0.05, 0) is 24.5 Å². The summed E-state index contributed by atoms with van der Waals surface area (Å²) in [5.41, 5.74) is 7.86. The average molecular weight is 443 g/mol. The van der Waals surface area contributed by atoms with Gasteiger partial charge in [0.15, 0.2) is 5.82 Å². The van der Waals surface area contributed by atoms with Crippen molar-refractivity contribution in [2.24, 2.45) is 5.73 Å². The maximum atomic E-state index is 12.9. The minimum absolute atomic E-state index is 0. The number of nitrogens with zero attached hydrogens (tertiary/aromatic N) is 5. The molecule has 1 fully saturated rings. The molecule has 1 saturated heterocycles. The van der Waals surface area contributed by atoms with Crippen molar-refractivity contribution in [3.05, 3.63) is 41.5 Å². The molecule has 4 rings (SSSR count). The predicted molar refractivity (Wildman–Crippen MR) is 116 cm³/mol. The van der Waals surface area contributed by atoms with Crippen LogP contribution in [-0.4, -0.2) is 65.1 Å². The third kappa shape index (κ3) is 5.67. The molecule has 3 heterocycles. The lowest BCUT2D eigenvalue weighted by Crippen LogP contribution is -2.50. The van der Waals surface area contributed by atoms with E-state index in [0.717, 1.165) is 51.3 Å². The number of anilines is 1. The van der Waals surface area contributed by atoms with Crippen LogP contribution in [0.2, 0.25) is 0 Å². The van der Waals surface area contributed by atoms with E-state index in [-0.39, 0.29) is 37.3 Å². The van der Waals surface area contributed by atoms with Crippen LogP contribution in [0.1, 0.15) is 23.7 Å². The molecule has 0 bridgehead atoms. The van der Waals surface area contributed by atoms with Gasteiger partial charge in [-0.1, -0.05) is 23.4 Å². The largest absolute Gasteiger partial charge is 0.338 e. The topological polar surface area (TPSA) is 91.7 Å². The summed E-state index contributed by atoms with van der Waals surface area (Å²) in [6.07, 6.45) is 2.09. The highest BCUT2D eigenvalue weighted by Crippen LogP contribution is 2.26. The fourth-order valence-electron chi connectivity index (χ4n) is 3.81. The van der Waals surface area contributed by atoms with Gasteiger partial charge in [0.1, 0.15) is 0 Å². The number of carbonyl (C=O) groups excluding carboxylic acids is 1. The molecular weight excluding hydrogens is 415 g/mol. The second-order valence-corrected chi connectivity index (χ2v) is 7.14. The fourth-order valence-corrected chi connectivity index (χ4v) is 3.81. The molecule has 2 aliphatic heterocycles. The van der Waals surface area contributed by atoms with E-state index in [2.05, 4.69) is 32.1 Å². The Hall–Kier alpha value is -1.71. The molecule has 0 aliphatic carbocycles. The lowest BCUT2D eigenvalue weighted by molar-refractivity contribution is -0.120. The van der Waals surface area contributed by atoms with E-state index in [9.17, 15) is 4.79 Å². The van der Waals surface area contributed by atoms with Crippen LogP contribution in [0.3, 0.4) is 0 Å². The molecule has 0 radical (unpaired) electrons. The van der Waals surface area contributed by atoms with Crippen molar-refractivity contribution in [1.82, 2.24) is 19.9 Å². The highest BCUT2D eigenvalue weighted by Gasteiger charge is 2.26. The average Bonchev–Trinajstić information content (AvgIpc) is 3.16. The van der Waals surface area contributed by atoms with Crippen LogP contribution in [0.25, 0.3) is 0 Å². The summed E-state index contributed by atoms with van der Waals surface area (Å²) in [7, 11) is 0. The number of rotatable bonds is 5. The number of hydrogen-bond donors (Lipinski definition) is 1. The number of hydrogen-bond acceptors (Lipinski definition) is 7. The van der Waals surface area contributed by atoms with Crippen molar-refractivity contribution in [3.8, 4) is 0 Å². The molecule has 1 aromatic carbocycles. The Kier molecular flexibility index (Phi) is 8.85. The van der Waals surface area contributed by atoms with Gasteiger partial charge < -0.3 is 15.2 Å². The van der Waals surface area contributed by atoms with Gasteiger partial charge in [-0.25, -0.2) is 0 Å². The monoisotopic (exact) mass is 442 g/mol. The maximum Gasteiger partial charge on any atom is 0.241 e. The zero-order valence-corrected chi connectivity index (χ0v) is 18.0. The lowest BCUT2D eigenvalue weighted by atomic mass is 10.0. The molecular formula is C19H28Cl2N6O2. The third-order valence-electron chi connectivity index (χ3n) is 5.28. The Morgan fingerprint density at radius 2 is 1.79 bits per heavy atom. The zero-order chi connectivity index (χ0) is 18.6. The van der Waals surface area contributed by atoms with Crippen molar-refractivity contribution in [3.63, 3.8) is 0 Å². The molecule has 1 aromatic heterocycles. The minimum Gasteiger partial charge on any atom is -0.338 e. The van der Waals surface area contributed by atoms with Crippen molar-refractivity contribution >= 4 is 36.4 Å². The Balaban J connectivity index is 0.00000150. The summed E-state index contributed by atoms with van der Waals surface area (Å²) in [5.74, 6) is 1.34. The van der Waals surface area contributed by atoms with Gasteiger partial charge >= 0.3 is 0 Å². The number of nitrogens with two attached hydrogens (primary N) is 1. The van der Waals surface area contributed by atoms with Crippen LogP contribution in [0.15, 0.2) is 28.8 Å². The number of carbonyl (C=O) groups is 1. The van der Waals surface area contributed by atoms with Crippen molar-refractivity contribution in [1.29, 1.82) is 0 Å². The van der Waals surface area contributed by atoms with Crippen LogP contribution in [0.5, 0.6) is 0 Å². The molecule has 0 spiro atoms. The van der Waals surface area contributed by atoms with Crippen molar-refractivity contribution in [2.45, 2.75) is 25.9 Å². The zero-order valence-electron chi connectivity index (χ0n) is 16.3. The third-order valence-corrected chi connectivity index (χ3v) is 5.28. The number of piperazine rings is 1. The highest BCUT2D eigenvalue weighted by molar-refractivity contribution is 5.96. The predicted octanol–water partition coefficient (Wildman–Crippen LogP) is 1.47.